The first-order valence-electron chi connectivity index (χ1n) is 13.8. The number of benzene rings is 1. The average Bonchev–Trinajstić information content (AvgIpc) is 3.39. The number of hydroxylamine groups is 2. The summed E-state index contributed by atoms with van der Waals surface area (Å²) < 4.78 is 22.9. The van der Waals surface area contributed by atoms with E-state index in [4.69, 9.17) is 21.2 Å². The molecular formula is C31H35ClFNO5S. The molecule has 1 N–H and O–H groups in total. The summed E-state index contributed by atoms with van der Waals surface area (Å²) in [6, 6.07) is 7.52. The smallest absolute Gasteiger partial charge is 0.226 e. The molecule has 2 saturated carbocycles. The second-order valence-corrected chi connectivity index (χ2v) is 13.7. The number of halogens is 2. The maximum absolute atomic E-state index is 17.7. The van der Waals surface area contributed by atoms with Gasteiger partial charge in [0.2, 0.25) is 5.12 Å². The molecule has 6 rings (SSSR count). The van der Waals surface area contributed by atoms with Crippen molar-refractivity contribution in [1.82, 2.24) is 5.06 Å². The summed E-state index contributed by atoms with van der Waals surface area (Å²) in [5, 5.41) is 14.1. The number of carbonyl (C=O) groups excluding carboxylic acids is 2. The molecule has 40 heavy (non-hydrogen) atoms. The molecule has 0 bridgehead atoms. The topological polar surface area (TPSA) is 76.1 Å². The summed E-state index contributed by atoms with van der Waals surface area (Å²) in [4.78, 5) is 33.1. The van der Waals surface area contributed by atoms with Gasteiger partial charge >= 0.3 is 0 Å². The molecule has 1 aromatic rings. The van der Waals surface area contributed by atoms with Crippen LogP contribution in [0, 0.1) is 22.7 Å². The van der Waals surface area contributed by atoms with E-state index in [-0.39, 0.29) is 35.1 Å². The molecule has 6 nitrogen and oxygen atoms in total. The third-order valence-corrected chi connectivity index (χ3v) is 11.4. The molecule has 214 valence electrons. The van der Waals surface area contributed by atoms with Gasteiger partial charge in [0, 0.05) is 42.0 Å². The van der Waals surface area contributed by atoms with Gasteiger partial charge < -0.3 is 9.84 Å². The number of ether oxygens (including phenoxy) is 1. The number of hydrogen-bond donors (Lipinski definition) is 1. The van der Waals surface area contributed by atoms with Crippen molar-refractivity contribution in [2.75, 3.05) is 19.6 Å². The van der Waals surface area contributed by atoms with Crippen LogP contribution < -0.4 is 0 Å². The quantitative estimate of drug-likeness (QED) is 0.355. The first-order chi connectivity index (χ1) is 18.9. The Hall–Kier alpha value is -1.81. The minimum atomic E-state index is -2.08. The fourth-order valence-corrected chi connectivity index (χ4v) is 9.39. The van der Waals surface area contributed by atoms with Gasteiger partial charge in [0.25, 0.3) is 0 Å². The number of aliphatic hydroxyl groups is 1. The summed E-state index contributed by atoms with van der Waals surface area (Å²) in [6.45, 7) is 6.73. The van der Waals surface area contributed by atoms with Crippen LogP contribution in [0.25, 0.3) is 0 Å². The Balaban J connectivity index is 1.45. The van der Waals surface area contributed by atoms with Crippen molar-refractivity contribution in [3.63, 3.8) is 0 Å². The molecule has 7 unspecified atom stereocenters. The van der Waals surface area contributed by atoms with Crippen LogP contribution in [-0.2, 0) is 25.7 Å². The Bertz CT molecular complexity index is 1360. The van der Waals surface area contributed by atoms with Gasteiger partial charge in [-0.25, -0.2) is 4.39 Å². The lowest BCUT2D eigenvalue weighted by Gasteiger charge is -2.59. The third kappa shape index (κ3) is 3.69. The minimum absolute atomic E-state index is 0.0337. The molecule has 0 amide bonds. The second kappa shape index (κ2) is 9.61. The molecule has 5 aliphatic rings. The van der Waals surface area contributed by atoms with Crippen LogP contribution in [0.2, 0.25) is 5.02 Å². The monoisotopic (exact) mass is 587 g/mol. The summed E-state index contributed by atoms with van der Waals surface area (Å²) in [7, 11) is 1.54. The molecule has 0 spiro atoms. The van der Waals surface area contributed by atoms with E-state index in [1.165, 1.54) is 6.08 Å². The van der Waals surface area contributed by atoms with Crippen molar-refractivity contribution in [3.8, 4) is 0 Å². The molecule has 0 radical (unpaired) electrons. The zero-order valence-corrected chi connectivity index (χ0v) is 24.8. The summed E-state index contributed by atoms with van der Waals surface area (Å²) in [5.74, 6) is -0.286. The Morgan fingerprint density at radius 1 is 1.25 bits per heavy atom. The zero-order valence-electron chi connectivity index (χ0n) is 23.2. The van der Waals surface area contributed by atoms with Gasteiger partial charge in [-0.15, -0.1) is 0 Å². The molecule has 1 saturated heterocycles. The van der Waals surface area contributed by atoms with E-state index in [9.17, 15) is 14.7 Å². The van der Waals surface area contributed by atoms with E-state index in [2.05, 4.69) is 0 Å². The fourth-order valence-electron chi connectivity index (χ4n) is 8.39. The van der Waals surface area contributed by atoms with Crippen LogP contribution >= 0.6 is 23.4 Å². The SMILES string of the molecule is COCSC(=O)C12ON(Cc3ccc(Cl)cc3)CC1CC1=C3CC(C)C4=CC(=O)C=CC4(C)C3(F)C(O)CC12C. The van der Waals surface area contributed by atoms with Crippen LogP contribution in [0.5, 0.6) is 0 Å². The molecule has 3 fully saturated rings. The maximum atomic E-state index is 17.7. The zero-order chi connectivity index (χ0) is 28.7. The number of aliphatic hydroxyl groups excluding tert-OH is 1. The van der Waals surface area contributed by atoms with Crippen LogP contribution in [0.1, 0.15) is 45.6 Å². The fraction of sp³-hybridized carbons (Fsp3) is 0.548. The standard InChI is InChI=1S/C31H35ClFNO5S/c1-18-11-25-24-12-20-16-34(15-19-5-7-21(32)8-6-19)39-31(20,27(37)40-17-38-4)29(24,3)14-26(36)30(25,33)28(2)10-9-22(35)13-23(18)28/h5-10,13,18,20,26,36H,11-12,14-17H2,1-4H3. The summed E-state index contributed by atoms with van der Waals surface area (Å²) >= 11 is 7.14. The number of methoxy groups -OCH3 is 1. The summed E-state index contributed by atoms with van der Waals surface area (Å²) in [6.07, 6.45) is 4.14. The highest BCUT2D eigenvalue weighted by Gasteiger charge is 2.75. The van der Waals surface area contributed by atoms with Crippen molar-refractivity contribution in [3.05, 3.63) is 69.8 Å². The molecule has 4 aliphatic carbocycles. The van der Waals surface area contributed by atoms with Crippen molar-refractivity contribution in [1.29, 1.82) is 0 Å². The van der Waals surface area contributed by atoms with Crippen LogP contribution in [0.3, 0.4) is 0 Å². The molecular weight excluding hydrogens is 553 g/mol. The number of fused-ring (bicyclic) bond motifs is 6. The summed E-state index contributed by atoms with van der Waals surface area (Å²) in [5.41, 5.74) is -2.23. The number of hydrogen-bond acceptors (Lipinski definition) is 7. The van der Waals surface area contributed by atoms with Crippen LogP contribution in [-0.4, -0.2) is 58.0 Å². The number of allylic oxidation sites excluding steroid dienone is 4. The van der Waals surface area contributed by atoms with Gasteiger partial charge in [-0.1, -0.05) is 61.0 Å². The highest BCUT2D eigenvalue weighted by molar-refractivity contribution is 8.13. The number of alkyl halides is 1. The normalized spacial score (nSPS) is 40.4. The Labute approximate surface area is 243 Å². The van der Waals surface area contributed by atoms with Gasteiger partial charge in [-0.3, -0.25) is 14.4 Å². The van der Waals surface area contributed by atoms with Crippen molar-refractivity contribution in [2.24, 2.45) is 22.7 Å². The number of rotatable bonds is 5. The lowest BCUT2D eigenvalue weighted by Crippen LogP contribution is -2.64. The number of thioether (sulfide) groups is 1. The lowest BCUT2D eigenvalue weighted by atomic mass is 9.48. The first-order valence-corrected chi connectivity index (χ1v) is 15.2. The Kier molecular flexibility index (Phi) is 6.80. The minimum Gasteiger partial charge on any atom is -0.389 e. The van der Waals surface area contributed by atoms with Crippen molar-refractivity contribution in [2.45, 2.75) is 64.0 Å². The van der Waals surface area contributed by atoms with Crippen molar-refractivity contribution < 1.29 is 28.7 Å². The molecule has 1 aromatic carbocycles. The van der Waals surface area contributed by atoms with E-state index in [1.807, 2.05) is 43.2 Å². The van der Waals surface area contributed by atoms with E-state index in [0.717, 1.165) is 28.5 Å². The first kappa shape index (κ1) is 28.3. The Morgan fingerprint density at radius 3 is 2.67 bits per heavy atom. The van der Waals surface area contributed by atoms with Gasteiger partial charge in [0.1, 0.15) is 0 Å². The van der Waals surface area contributed by atoms with E-state index < -0.39 is 28.2 Å². The predicted octanol–water partition coefficient (Wildman–Crippen LogP) is 5.60. The number of carbonyl (C=O) groups is 2. The van der Waals surface area contributed by atoms with Crippen molar-refractivity contribution >= 4 is 34.3 Å². The lowest BCUT2D eigenvalue weighted by molar-refractivity contribution is -0.230. The van der Waals surface area contributed by atoms with E-state index in [1.54, 1.807) is 26.2 Å². The number of nitrogens with zero attached hydrogens (tertiary/aromatic N) is 1. The molecule has 9 heteroatoms. The third-order valence-electron chi connectivity index (χ3n) is 10.2. The van der Waals surface area contributed by atoms with E-state index >= 15 is 4.39 Å². The van der Waals surface area contributed by atoms with Gasteiger partial charge in [0.15, 0.2) is 17.1 Å². The Morgan fingerprint density at radius 2 is 1.98 bits per heavy atom. The highest BCUT2D eigenvalue weighted by atomic mass is 35.5. The highest BCUT2D eigenvalue weighted by Crippen LogP contribution is 2.71. The van der Waals surface area contributed by atoms with E-state index in [0.29, 0.717) is 36.5 Å². The van der Waals surface area contributed by atoms with Crippen LogP contribution in [0.4, 0.5) is 4.39 Å². The predicted molar refractivity (Wildman–Crippen MR) is 152 cm³/mol. The van der Waals surface area contributed by atoms with Gasteiger partial charge in [-0.2, -0.15) is 5.06 Å². The van der Waals surface area contributed by atoms with Gasteiger partial charge in [-0.05, 0) is 73.1 Å². The maximum Gasteiger partial charge on any atom is 0.226 e. The molecule has 1 aliphatic heterocycles. The average molecular weight is 588 g/mol. The molecule has 1 heterocycles. The molecule has 7 atom stereocenters. The van der Waals surface area contributed by atoms with Crippen LogP contribution in [0.15, 0.2) is 59.2 Å². The largest absolute Gasteiger partial charge is 0.389 e. The van der Waals surface area contributed by atoms with Gasteiger partial charge in [0.05, 0.1) is 12.0 Å². The second-order valence-electron chi connectivity index (χ2n) is 12.4. The molecule has 0 aromatic heterocycles. The number of ketones is 1.